The van der Waals surface area contributed by atoms with Crippen molar-refractivity contribution in [1.82, 2.24) is 4.90 Å². The van der Waals surface area contributed by atoms with Gasteiger partial charge in [0.25, 0.3) is 5.91 Å². The summed E-state index contributed by atoms with van der Waals surface area (Å²) in [5.74, 6) is -0.205. The number of benzene rings is 1. The summed E-state index contributed by atoms with van der Waals surface area (Å²) in [7, 11) is 0. The van der Waals surface area contributed by atoms with E-state index in [-0.39, 0.29) is 17.7 Å². The zero-order chi connectivity index (χ0) is 16.2. The second-order valence-corrected chi connectivity index (χ2v) is 6.95. The first-order valence-electron chi connectivity index (χ1n) is 7.52. The van der Waals surface area contributed by atoms with Crippen LogP contribution in [0.3, 0.4) is 0 Å². The Kier molecular flexibility index (Phi) is 4.98. The van der Waals surface area contributed by atoms with Gasteiger partial charge in [0.1, 0.15) is 0 Å². The van der Waals surface area contributed by atoms with Crippen LogP contribution in [0.15, 0.2) is 41.8 Å². The lowest BCUT2D eigenvalue weighted by Gasteiger charge is -2.31. The second-order valence-electron chi connectivity index (χ2n) is 5.56. The van der Waals surface area contributed by atoms with Gasteiger partial charge in [-0.3, -0.25) is 9.59 Å². The summed E-state index contributed by atoms with van der Waals surface area (Å²) in [6, 6.07) is 10.7. The van der Waals surface area contributed by atoms with Crippen molar-refractivity contribution >= 4 is 40.4 Å². The predicted molar refractivity (Wildman–Crippen MR) is 93.0 cm³/mol. The Balaban J connectivity index is 1.62. The Bertz CT molecular complexity index is 685. The summed E-state index contributed by atoms with van der Waals surface area (Å²) in [5.41, 5.74) is 0.723. The SMILES string of the molecule is O=C(Nc1ccc(Cl)cc1)C1CCCN(C(=O)c2cccs2)C1. The van der Waals surface area contributed by atoms with E-state index in [0.717, 1.165) is 23.4 Å². The molecule has 2 amide bonds. The zero-order valence-corrected chi connectivity index (χ0v) is 14.1. The molecule has 0 saturated carbocycles. The van der Waals surface area contributed by atoms with Crippen LogP contribution in [0.1, 0.15) is 22.5 Å². The maximum absolute atomic E-state index is 12.4. The number of rotatable bonds is 3. The maximum Gasteiger partial charge on any atom is 0.263 e. The average molecular weight is 349 g/mol. The third kappa shape index (κ3) is 3.92. The van der Waals surface area contributed by atoms with Crippen LogP contribution in [0.5, 0.6) is 0 Å². The number of hydrogen-bond acceptors (Lipinski definition) is 3. The van der Waals surface area contributed by atoms with Gasteiger partial charge in [-0.1, -0.05) is 17.7 Å². The molecule has 1 aromatic heterocycles. The van der Waals surface area contributed by atoms with Crippen LogP contribution >= 0.6 is 22.9 Å². The molecule has 120 valence electrons. The summed E-state index contributed by atoms with van der Waals surface area (Å²) in [5, 5.41) is 5.42. The van der Waals surface area contributed by atoms with Gasteiger partial charge in [0, 0.05) is 23.8 Å². The lowest BCUT2D eigenvalue weighted by Crippen LogP contribution is -2.43. The molecule has 1 atom stereocenters. The van der Waals surface area contributed by atoms with Gasteiger partial charge in [0.15, 0.2) is 0 Å². The average Bonchev–Trinajstić information content (AvgIpc) is 3.11. The van der Waals surface area contributed by atoms with E-state index in [4.69, 9.17) is 11.6 Å². The molecule has 0 aliphatic carbocycles. The van der Waals surface area contributed by atoms with Crippen LogP contribution in [0.2, 0.25) is 5.02 Å². The molecule has 4 nitrogen and oxygen atoms in total. The van der Waals surface area contributed by atoms with Crippen molar-refractivity contribution in [2.75, 3.05) is 18.4 Å². The standard InChI is InChI=1S/C17H17ClN2O2S/c18-13-5-7-14(8-6-13)19-16(21)12-3-1-9-20(11-12)17(22)15-4-2-10-23-15/h2,4-8,10,12H,1,3,9,11H2,(H,19,21). The minimum absolute atomic E-state index is 0.0176. The van der Waals surface area contributed by atoms with E-state index >= 15 is 0 Å². The first-order chi connectivity index (χ1) is 11.1. The number of carbonyl (C=O) groups is 2. The molecule has 1 saturated heterocycles. The molecule has 2 aromatic rings. The Labute approximate surface area is 144 Å². The minimum Gasteiger partial charge on any atom is -0.337 e. The van der Waals surface area contributed by atoms with Gasteiger partial charge in [0.2, 0.25) is 5.91 Å². The van der Waals surface area contributed by atoms with Crippen LogP contribution in [0.25, 0.3) is 0 Å². The van der Waals surface area contributed by atoms with Crippen LogP contribution in [-0.4, -0.2) is 29.8 Å². The van der Waals surface area contributed by atoms with E-state index in [1.54, 1.807) is 29.2 Å². The van der Waals surface area contributed by atoms with Crippen molar-refractivity contribution in [1.29, 1.82) is 0 Å². The highest BCUT2D eigenvalue weighted by Gasteiger charge is 2.29. The maximum atomic E-state index is 12.4. The largest absolute Gasteiger partial charge is 0.337 e. The van der Waals surface area contributed by atoms with Crippen molar-refractivity contribution < 1.29 is 9.59 Å². The Morgan fingerprint density at radius 1 is 1.22 bits per heavy atom. The first kappa shape index (κ1) is 16.0. The van der Waals surface area contributed by atoms with Crippen LogP contribution in [0.4, 0.5) is 5.69 Å². The first-order valence-corrected chi connectivity index (χ1v) is 8.78. The molecule has 1 N–H and O–H groups in total. The van der Waals surface area contributed by atoms with Gasteiger partial charge < -0.3 is 10.2 Å². The fourth-order valence-electron chi connectivity index (χ4n) is 2.71. The fourth-order valence-corrected chi connectivity index (χ4v) is 3.53. The highest BCUT2D eigenvalue weighted by atomic mass is 35.5. The Morgan fingerprint density at radius 2 is 2.00 bits per heavy atom. The molecular weight excluding hydrogens is 332 g/mol. The minimum atomic E-state index is -0.177. The number of likely N-dealkylation sites (tertiary alicyclic amines) is 1. The van der Waals surface area contributed by atoms with E-state index in [1.807, 2.05) is 17.5 Å². The van der Waals surface area contributed by atoms with Crippen LogP contribution < -0.4 is 5.32 Å². The number of hydrogen-bond donors (Lipinski definition) is 1. The lowest BCUT2D eigenvalue weighted by molar-refractivity contribution is -0.121. The van der Waals surface area contributed by atoms with E-state index in [0.29, 0.717) is 18.1 Å². The molecular formula is C17H17ClN2O2S. The molecule has 1 aliphatic rings. The number of carbonyl (C=O) groups excluding carboxylic acids is 2. The normalized spacial score (nSPS) is 17.8. The van der Waals surface area contributed by atoms with Crippen LogP contribution in [-0.2, 0) is 4.79 Å². The lowest BCUT2D eigenvalue weighted by atomic mass is 9.97. The molecule has 6 heteroatoms. The molecule has 3 rings (SSSR count). The predicted octanol–water partition coefficient (Wildman–Crippen LogP) is 3.89. The van der Waals surface area contributed by atoms with Crippen molar-refractivity contribution in [2.24, 2.45) is 5.92 Å². The number of halogens is 1. The highest BCUT2D eigenvalue weighted by Crippen LogP contribution is 2.22. The van der Waals surface area contributed by atoms with E-state index < -0.39 is 0 Å². The molecule has 2 heterocycles. The van der Waals surface area contributed by atoms with E-state index in [2.05, 4.69) is 5.32 Å². The highest BCUT2D eigenvalue weighted by molar-refractivity contribution is 7.12. The van der Waals surface area contributed by atoms with Crippen molar-refractivity contribution in [2.45, 2.75) is 12.8 Å². The third-order valence-electron chi connectivity index (χ3n) is 3.92. The molecule has 1 fully saturated rings. The molecule has 1 aromatic carbocycles. The van der Waals surface area contributed by atoms with Gasteiger partial charge in [-0.05, 0) is 48.6 Å². The summed E-state index contributed by atoms with van der Waals surface area (Å²) in [6.07, 6.45) is 1.64. The molecule has 23 heavy (non-hydrogen) atoms. The summed E-state index contributed by atoms with van der Waals surface area (Å²) in [4.78, 5) is 27.3. The summed E-state index contributed by atoms with van der Waals surface area (Å²) in [6.45, 7) is 1.18. The summed E-state index contributed by atoms with van der Waals surface area (Å²) >= 11 is 7.28. The Hall–Kier alpha value is -1.85. The smallest absolute Gasteiger partial charge is 0.263 e. The summed E-state index contributed by atoms with van der Waals surface area (Å²) < 4.78 is 0. The van der Waals surface area contributed by atoms with Crippen molar-refractivity contribution in [3.8, 4) is 0 Å². The molecule has 1 unspecified atom stereocenters. The van der Waals surface area contributed by atoms with Gasteiger partial charge in [-0.15, -0.1) is 11.3 Å². The number of amides is 2. The van der Waals surface area contributed by atoms with E-state index in [9.17, 15) is 9.59 Å². The number of piperidine rings is 1. The van der Waals surface area contributed by atoms with Gasteiger partial charge in [-0.25, -0.2) is 0 Å². The molecule has 1 aliphatic heterocycles. The number of nitrogens with zero attached hydrogens (tertiary/aromatic N) is 1. The zero-order valence-electron chi connectivity index (χ0n) is 12.5. The Morgan fingerprint density at radius 3 is 2.70 bits per heavy atom. The van der Waals surface area contributed by atoms with Gasteiger partial charge in [0.05, 0.1) is 10.8 Å². The second kappa shape index (κ2) is 7.15. The van der Waals surface area contributed by atoms with Crippen molar-refractivity contribution in [3.63, 3.8) is 0 Å². The van der Waals surface area contributed by atoms with Crippen LogP contribution in [0, 0.1) is 5.92 Å². The van der Waals surface area contributed by atoms with Gasteiger partial charge in [-0.2, -0.15) is 0 Å². The number of thiophene rings is 1. The molecule has 0 radical (unpaired) electrons. The number of nitrogens with one attached hydrogen (secondary N) is 1. The van der Waals surface area contributed by atoms with Gasteiger partial charge >= 0.3 is 0 Å². The quantitative estimate of drug-likeness (QED) is 0.914. The number of anilines is 1. The molecule has 0 spiro atoms. The van der Waals surface area contributed by atoms with E-state index in [1.165, 1.54) is 11.3 Å². The third-order valence-corrected chi connectivity index (χ3v) is 5.03. The monoisotopic (exact) mass is 348 g/mol. The van der Waals surface area contributed by atoms with Crippen molar-refractivity contribution in [3.05, 3.63) is 51.7 Å². The molecule has 0 bridgehead atoms. The topological polar surface area (TPSA) is 49.4 Å². The fraction of sp³-hybridized carbons (Fsp3) is 0.294.